The lowest BCUT2D eigenvalue weighted by Crippen LogP contribution is -2.08. The van der Waals surface area contributed by atoms with E-state index in [1.807, 2.05) is 6.07 Å². The van der Waals surface area contributed by atoms with Crippen LogP contribution < -0.4 is 5.32 Å². The van der Waals surface area contributed by atoms with Gasteiger partial charge >= 0.3 is 5.97 Å². The molecule has 0 saturated heterocycles. The Labute approximate surface area is 124 Å². The van der Waals surface area contributed by atoms with Crippen LogP contribution in [0.2, 0.25) is 4.34 Å². The number of thiophene rings is 1. The van der Waals surface area contributed by atoms with Crippen molar-refractivity contribution in [2.75, 3.05) is 5.32 Å². The maximum Gasteiger partial charge on any atom is 0.338 e. The zero-order valence-electron chi connectivity index (χ0n) is 10.3. The molecule has 1 aliphatic carbocycles. The highest BCUT2D eigenvalue weighted by molar-refractivity contribution is 7.16. The number of anilines is 1. The van der Waals surface area contributed by atoms with Gasteiger partial charge in [0, 0.05) is 10.6 Å². The lowest BCUT2D eigenvalue weighted by Gasteiger charge is -2.15. The van der Waals surface area contributed by atoms with Crippen molar-refractivity contribution in [1.82, 2.24) is 0 Å². The normalized spacial score (nSPS) is 17.0. The fraction of sp³-hybridized carbons (Fsp3) is 0.214. The molecule has 2 N–H and O–H groups in total. The quantitative estimate of drug-likeness (QED) is 0.886. The molecule has 1 atom stereocenters. The fourth-order valence-corrected chi connectivity index (χ4v) is 3.82. The lowest BCUT2D eigenvalue weighted by atomic mass is 10.1. The molecule has 0 spiro atoms. The summed E-state index contributed by atoms with van der Waals surface area (Å²) in [5.74, 6) is -1.99. The summed E-state index contributed by atoms with van der Waals surface area (Å²) in [6.45, 7) is 0. The van der Waals surface area contributed by atoms with E-state index in [0.717, 1.165) is 22.7 Å². The van der Waals surface area contributed by atoms with Gasteiger partial charge in [-0.2, -0.15) is 0 Å². The van der Waals surface area contributed by atoms with E-state index in [1.54, 1.807) is 17.4 Å². The van der Waals surface area contributed by atoms with E-state index in [1.165, 1.54) is 17.0 Å². The fourth-order valence-electron chi connectivity index (χ4n) is 2.46. The Kier molecular flexibility index (Phi) is 3.40. The molecule has 1 heterocycles. The summed E-state index contributed by atoms with van der Waals surface area (Å²) >= 11 is 7.57. The second kappa shape index (κ2) is 5.07. The average molecular weight is 312 g/mol. The molecular formula is C14H11ClFNO2S. The van der Waals surface area contributed by atoms with Crippen LogP contribution in [0, 0.1) is 5.82 Å². The number of carboxylic acid groups (broad SMARTS) is 1. The smallest absolute Gasteiger partial charge is 0.338 e. The summed E-state index contributed by atoms with van der Waals surface area (Å²) in [4.78, 5) is 12.2. The van der Waals surface area contributed by atoms with E-state index in [2.05, 4.69) is 5.32 Å². The minimum atomic E-state index is -1.27. The largest absolute Gasteiger partial charge is 0.478 e. The van der Waals surface area contributed by atoms with Crippen molar-refractivity contribution in [3.05, 3.63) is 50.4 Å². The van der Waals surface area contributed by atoms with Crippen molar-refractivity contribution in [3.8, 4) is 0 Å². The van der Waals surface area contributed by atoms with E-state index < -0.39 is 11.8 Å². The van der Waals surface area contributed by atoms with Crippen LogP contribution in [-0.2, 0) is 6.42 Å². The molecule has 1 aromatic carbocycles. The van der Waals surface area contributed by atoms with Gasteiger partial charge in [0.25, 0.3) is 0 Å². The van der Waals surface area contributed by atoms with Gasteiger partial charge in [-0.3, -0.25) is 0 Å². The number of fused-ring (bicyclic) bond motifs is 1. The number of carbonyl (C=O) groups is 1. The van der Waals surface area contributed by atoms with Crippen LogP contribution in [0.15, 0.2) is 24.3 Å². The molecule has 1 aliphatic rings. The molecule has 0 amide bonds. The number of aryl methyl sites for hydroxylation is 1. The molecule has 1 unspecified atom stereocenters. The molecule has 3 rings (SSSR count). The summed E-state index contributed by atoms with van der Waals surface area (Å²) in [6.07, 6.45) is 1.88. The lowest BCUT2D eigenvalue weighted by molar-refractivity contribution is 0.0692. The van der Waals surface area contributed by atoms with Gasteiger partial charge in [-0.25, -0.2) is 9.18 Å². The van der Waals surface area contributed by atoms with Gasteiger partial charge in [0.05, 0.1) is 15.9 Å². The Hall–Kier alpha value is -1.59. The predicted octanol–water partition coefficient (Wildman–Crippen LogP) is 4.34. The molecule has 0 aliphatic heterocycles. The van der Waals surface area contributed by atoms with Crippen molar-refractivity contribution >= 4 is 34.6 Å². The monoisotopic (exact) mass is 311 g/mol. The van der Waals surface area contributed by atoms with Crippen molar-refractivity contribution in [3.63, 3.8) is 0 Å². The minimum absolute atomic E-state index is 0.0980. The van der Waals surface area contributed by atoms with E-state index in [0.29, 0.717) is 5.69 Å². The number of rotatable bonds is 3. The summed E-state index contributed by atoms with van der Waals surface area (Å²) in [6, 6.07) is 6.08. The first-order valence-electron chi connectivity index (χ1n) is 6.12. The van der Waals surface area contributed by atoms with Crippen LogP contribution in [0.3, 0.4) is 0 Å². The molecule has 6 heteroatoms. The van der Waals surface area contributed by atoms with Gasteiger partial charge in [-0.05, 0) is 42.7 Å². The van der Waals surface area contributed by atoms with Crippen molar-refractivity contribution in [1.29, 1.82) is 0 Å². The van der Waals surface area contributed by atoms with Gasteiger partial charge in [-0.1, -0.05) is 11.6 Å². The third-order valence-corrected chi connectivity index (χ3v) is 4.72. The highest BCUT2D eigenvalue weighted by Crippen LogP contribution is 2.40. The molecule has 3 nitrogen and oxygen atoms in total. The number of aromatic carboxylic acids is 1. The first-order chi connectivity index (χ1) is 9.54. The summed E-state index contributed by atoms with van der Waals surface area (Å²) < 4.78 is 14.1. The van der Waals surface area contributed by atoms with Crippen LogP contribution in [0.4, 0.5) is 10.1 Å². The molecule has 0 saturated carbocycles. The molecule has 20 heavy (non-hydrogen) atoms. The molecule has 0 bridgehead atoms. The SMILES string of the molecule is O=C(O)c1cc(NC2CCc3sc(Cl)cc32)ccc1F. The maximum atomic E-state index is 13.4. The van der Waals surface area contributed by atoms with E-state index in [9.17, 15) is 9.18 Å². The highest BCUT2D eigenvalue weighted by atomic mass is 35.5. The Morgan fingerprint density at radius 2 is 2.25 bits per heavy atom. The van der Waals surface area contributed by atoms with Crippen LogP contribution >= 0.6 is 22.9 Å². The Morgan fingerprint density at radius 1 is 1.45 bits per heavy atom. The Balaban J connectivity index is 1.86. The summed E-state index contributed by atoms with van der Waals surface area (Å²) in [7, 11) is 0. The number of nitrogens with one attached hydrogen (secondary N) is 1. The zero-order valence-corrected chi connectivity index (χ0v) is 11.9. The number of hydrogen-bond donors (Lipinski definition) is 2. The van der Waals surface area contributed by atoms with Crippen LogP contribution in [0.25, 0.3) is 0 Å². The molecular weight excluding hydrogens is 301 g/mol. The number of halogens is 2. The van der Waals surface area contributed by atoms with Crippen molar-refractivity contribution in [2.24, 2.45) is 0 Å². The predicted molar refractivity (Wildman–Crippen MR) is 77.4 cm³/mol. The topological polar surface area (TPSA) is 49.3 Å². The number of carboxylic acids is 1. The van der Waals surface area contributed by atoms with Crippen molar-refractivity contribution in [2.45, 2.75) is 18.9 Å². The zero-order chi connectivity index (χ0) is 14.3. The van der Waals surface area contributed by atoms with E-state index in [4.69, 9.17) is 16.7 Å². The second-order valence-electron chi connectivity index (χ2n) is 4.66. The van der Waals surface area contributed by atoms with Crippen molar-refractivity contribution < 1.29 is 14.3 Å². The Bertz CT molecular complexity index is 686. The molecule has 1 aromatic heterocycles. The van der Waals surface area contributed by atoms with Gasteiger partial charge in [0.2, 0.25) is 0 Å². The molecule has 104 valence electrons. The number of benzene rings is 1. The van der Waals surface area contributed by atoms with Gasteiger partial charge in [0.1, 0.15) is 5.82 Å². The third-order valence-electron chi connectivity index (χ3n) is 3.38. The molecule has 0 fully saturated rings. The van der Waals surface area contributed by atoms with Crippen LogP contribution in [0.1, 0.15) is 33.3 Å². The van der Waals surface area contributed by atoms with Gasteiger partial charge < -0.3 is 10.4 Å². The average Bonchev–Trinajstić information content (AvgIpc) is 2.92. The van der Waals surface area contributed by atoms with Gasteiger partial charge in [-0.15, -0.1) is 11.3 Å². The first kappa shape index (κ1) is 13.4. The van der Waals surface area contributed by atoms with E-state index >= 15 is 0 Å². The maximum absolute atomic E-state index is 13.4. The molecule has 2 aromatic rings. The standard InChI is InChI=1S/C14H11ClFNO2S/c15-13-6-9-11(3-4-12(9)20-13)17-7-1-2-10(16)8(5-7)14(18)19/h1-2,5-6,11,17H,3-4H2,(H,18,19). The Morgan fingerprint density at radius 3 is 3.00 bits per heavy atom. The molecule has 0 radical (unpaired) electrons. The third kappa shape index (κ3) is 2.39. The number of hydrogen-bond acceptors (Lipinski definition) is 3. The summed E-state index contributed by atoms with van der Waals surface area (Å²) in [5.41, 5.74) is 1.43. The first-order valence-corrected chi connectivity index (χ1v) is 7.31. The summed E-state index contributed by atoms with van der Waals surface area (Å²) in [5, 5.41) is 12.2. The van der Waals surface area contributed by atoms with E-state index in [-0.39, 0.29) is 11.6 Å². The second-order valence-corrected chi connectivity index (χ2v) is 6.43. The highest BCUT2D eigenvalue weighted by Gasteiger charge is 2.25. The minimum Gasteiger partial charge on any atom is -0.478 e. The van der Waals surface area contributed by atoms with Crippen LogP contribution in [-0.4, -0.2) is 11.1 Å². The van der Waals surface area contributed by atoms with Crippen LogP contribution in [0.5, 0.6) is 0 Å². The van der Waals surface area contributed by atoms with Gasteiger partial charge in [0.15, 0.2) is 0 Å².